The highest BCUT2D eigenvalue weighted by Gasteiger charge is 2.30. The summed E-state index contributed by atoms with van der Waals surface area (Å²) in [6.07, 6.45) is 10.6. The Hall–Kier alpha value is -3.37. The van der Waals surface area contributed by atoms with Gasteiger partial charge in [-0.1, -0.05) is 6.08 Å². The first kappa shape index (κ1) is 23.8. The van der Waals surface area contributed by atoms with Crippen LogP contribution in [0.15, 0.2) is 57.7 Å². The van der Waals surface area contributed by atoms with Crippen LogP contribution < -0.4 is 0 Å². The molecule has 3 unspecified atom stereocenters. The smallest absolute Gasteiger partial charge is 0.303 e. The Kier molecular flexibility index (Phi) is 7.18. The molecule has 180 valence electrons. The zero-order chi connectivity index (χ0) is 24.2. The highest BCUT2D eigenvalue weighted by molar-refractivity contribution is 6.38. The van der Waals surface area contributed by atoms with Crippen molar-refractivity contribution in [2.24, 2.45) is 17.0 Å². The van der Waals surface area contributed by atoms with Gasteiger partial charge in [0.1, 0.15) is 6.10 Å². The third-order valence-corrected chi connectivity index (χ3v) is 5.75. The zero-order valence-corrected chi connectivity index (χ0v) is 19.5. The van der Waals surface area contributed by atoms with Gasteiger partial charge in [-0.05, 0) is 12.5 Å². The maximum absolute atomic E-state index is 12.2. The average molecular weight is 468 g/mol. The number of allylic oxidation sites excluding steroid dienone is 2. The second kappa shape index (κ2) is 10.3. The van der Waals surface area contributed by atoms with Crippen molar-refractivity contribution < 1.29 is 24.2 Å². The standard InChI is InChI=1S/C24H29N5O5/c1-15(30)34-21(14-33-3)13-29(18-6-19(31)9-20(32)7-18)17-4-5-22-23(8-17)27-24(11-25-22)16-10-26-28(2)12-16/h4,6,8,10-12,20-22,32H,5,7,9,13-14H2,1-3H3. The number of aryl methyl sites for hydroxylation is 1. The lowest BCUT2D eigenvalue weighted by molar-refractivity contribution is -0.149. The van der Waals surface area contributed by atoms with Crippen LogP contribution in [0.4, 0.5) is 0 Å². The third kappa shape index (κ3) is 5.57. The zero-order valence-electron chi connectivity index (χ0n) is 19.5. The molecule has 1 N–H and O–H groups in total. The van der Waals surface area contributed by atoms with Gasteiger partial charge in [-0.2, -0.15) is 5.10 Å². The maximum atomic E-state index is 12.2. The summed E-state index contributed by atoms with van der Waals surface area (Å²) in [6, 6.07) is -0.0955. The van der Waals surface area contributed by atoms with E-state index in [0.29, 0.717) is 18.5 Å². The van der Waals surface area contributed by atoms with E-state index < -0.39 is 18.2 Å². The molecule has 1 aromatic heterocycles. The first-order chi connectivity index (χ1) is 16.3. The van der Waals surface area contributed by atoms with Crippen LogP contribution in [0.25, 0.3) is 0 Å². The summed E-state index contributed by atoms with van der Waals surface area (Å²) in [7, 11) is 3.38. The Morgan fingerprint density at radius 2 is 2.18 bits per heavy atom. The normalized spacial score (nSPS) is 22.8. The number of methoxy groups -OCH3 is 1. The average Bonchev–Trinajstić information content (AvgIpc) is 3.22. The molecule has 0 bridgehead atoms. The van der Waals surface area contributed by atoms with Gasteiger partial charge in [0.05, 0.1) is 42.9 Å². The molecule has 0 fully saturated rings. The summed E-state index contributed by atoms with van der Waals surface area (Å²) in [5.74, 6) is -0.560. The van der Waals surface area contributed by atoms with Crippen molar-refractivity contribution in [3.05, 3.63) is 53.3 Å². The second-order valence-electron chi connectivity index (χ2n) is 8.59. The largest absolute Gasteiger partial charge is 0.458 e. The number of carbonyl (C=O) groups excluding carboxylic acids is 2. The SMILES string of the molecule is COCC(CN(C1=CCC2N=CC(c3cnn(C)c3)=NC2=C1)C1=CC(=O)CC(O)C1)OC(C)=O. The number of ketones is 1. The Morgan fingerprint density at radius 1 is 1.35 bits per heavy atom. The van der Waals surface area contributed by atoms with E-state index in [1.807, 2.05) is 30.3 Å². The molecule has 1 aromatic rings. The molecule has 0 saturated carbocycles. The van der Waals surface area contributed by atoms with Crippen LogP contribution >= 0.6 is 0 Å². The Bertz CT molecular complexity index is 1110. The summed E-state index contributed by atoms with van der Waals surface area (Å²) >= 11 is 0. The number of aliphatic hydroxyl groups excluding tert-OH is 1. The van der Waals surface area contributed by atoms with Gasteiger partial charge in [-0.15, -0.1) is 0 Å². The summed E-state index contributed by atoms with van der Waals surface area (Å²) in [6.45, 7) is 1.81. The third-order valence-electron chi connectivity index (χ3n) is 5.75. The highest BCUT2D eigenvalue weighted by atomic mass is 16.6. The number of fused-ring (bicyclic) bond motifs is 1. The van der Waals surface area contributed by atoms with Crippen molar-refractivity contribution >= 4 is 23.7 Å². The highest BCUT2D eigenvalue weighted by Crippen LogP contribution is 2.31. The summed E-state index contributed by atoms with van der Waals surface area (Å²) in [4.78, 5) is 35.3. The van der Waals surface area contributed by atoms with E-state index in [0.717, 1.165) is 22.7 Å². The molecule has 0 aromatic carbocycles. The fourth-order valence-electron chi connectivity index (χ4n) is 4.29. The van der Waals surface area contributed by atoms with Gasteiger partial charge in [0.15, 0.2) is 5.78 Å². The number of hydrogen-bond acceptors (Lipinski definition) is 9. The number of aliphatic imine (C=N–C) groups is 2. The van der Waals surface area contributed by atoms with E-state index in [-0.39, 0.29) is 31.4 Å². The van der Waals surface area contributed by atoms with Crippen molar-refractivity contribution in [2.75, 3.05) is 20.3 Å². The molecule has 0 amide bonds. The summed E-state index contributed by atoms with van der Waals surface area (Å²) in [5.41, 5.74) is 3.86. The van der Waals surface area contributed by atoms with Crippen molar-refractivity contribution in [1.82, 2.24) is 14.7 Å². The Balaban J connectivity index is 1.67. The number of rotatable bonds is 8. The van der Waals surface area contributed by atoms with Crippen LogP contribution in [-0.4, -0.2) is 82.0 Å². The monoisotopic (exact) mass is 467 g/mol. The lowest BCUT2D eigenvalue weighted by Gasteiger charge is -2.35. The summed E-state index contributed by atoms with van der Waals surface area (Å²) < 4.78 is 12.4. The number of hydrogen-bond donors (Lipinski definition) is 1. The number of ether oxygens (including phenoxy) is 2. The van der Waals surface area contributed by atoms with E-state index in [4.69, 9.17) is 14.5 Å². The van der Waals surface area contributed by atoms with Crippen LogP contribution in [0.1, 0.15) is 31.7 Å². The predicted molar refractivity (Wildman–Crippen MR) is 125 cm³/mol. The van der Waals surface area contributed by atoms with Crippen LogP contribution in [0.2, 0.25) is 0 Å². The van der Waals surface area contributed by atoms with Gasteiger partial charge in [0, 0.05) is 69.4 Å². The van der Waals surface area contributed by atoms with E-state index in [2.05, 4.69) is 10.1 Å². The molecule has 1 aliphatic heterocycles. The predicted octanol–water partition coefficient (Wildman–Crippen LogP) is 1.32. The molecule has 0 saturated heterocycles. The first-order valence-corrected chi connectivity index (χ1v) is 11.2. The van der Waals surface area contributed by atoms with Crippen LogP contribution in [0.3, 0.4) is 0 Å². The lowest BCUT2D eigenvalue weighted by atomic mass is 9.96. The van der Waals surface area contributed by atoms with Gasteiger partial charge in [-0.3, -0.25) is 19.3 Å². The molecule has 3 aliphatic rings. The Morgan fingerprint density at radius 3 is 2.85 bits per heavy atom. The fraction of sp³-hybridized carbons (Fsp3) is 0.458. The molecular formula is C24H29N5O5. The number of esters is 1. The van der Waals surface area contributed by atoms with Gasteiger partial charge < -0.3 is 19.5 Å². The number of carbonyl (C=O) groups is 2. The number of nitrogens with zero attached hydrogens (tertiary/aromatic N) is 5. The van der Waals surface area contributed by atoms with Crippen LogP contribution in [0.5, 0.6) is 0 Å². The van der Waals surface area contributed by atoms with Crippen molar-refractivity contribution in [3.63, 3.8) is 0 Å². The summed E-state index contributed by atoms with van der Waals surface area (Å²) in [5, 5.41) is 14.5. The van der Waals surface area contributed by atoms with E-state index >= 15 is 0 Å². The lowest BCUT2D eigenvalue weighted by Crippen LogP contribution is -2.39. The minimum atomic E-state index is -0.760. The second-order valence-corrected chi connectivity index (χ2v) is 8.59. The minimum absolute atomic E-state index is 0.0955. The number of aliphatic hydroxyl groups is 1. The van der Waals surface area contributed by atoms with Crippen molar-refractivity contribution in [2.45, 2.75) is 44.4 Å². The molecule has 10 heteroatoms. The minimum Gasteiger partial charge on any atom is -0.458 e. The van der Waals surface area contributed by atoms with E-state index in [1.54, 1.807) is 23.2 Å². The van der Waals surface area contributed by atoms with Crippen molar-refractivity contribution in [1.29, 1.82) is 0 Å². The number of aromatic nitrogens is 2. The van der Waals surface area contributed by atoms with E-state index in [9.17, 15) is 14.7 Å². The maximum Gasteiger partial charge on any atom is 0.303 e. The van der Waals surface area contributed by atoms with Crippen molar-refractivity contribution in [3.8, 4) is 0 Å². The molecule has 0 radical (unpaired) electrons. The molecule has 2 aliphatic carbocycles. The molecule has 4 rings (SSSR count). The first-order valence-electron chi connectivity index (χ1n) is 11.2. The van der Waals surface area contributed by atoms with E-state index in [1.165, 1.54) is 14.0 Å². The molecule has 2 heterocycles. The van der Waals surface area contributed by atoms with Gasteiger partial charge in [-0.25, -0.2) is 4.99 Å². The molecule has 3 atom stereocenters. The van der Waals surface area contributed by atoms with Crippen LogP contribution in [0, 0.1) is 0 Å². The molecular weight excluding hydrogens is 438 g/mol. The van der Waals surface area contributed by atoms with Gasteiger partial charge >= 0.3 is 5.97 Å². The van der Waals surface area contributed by atoms with Crippen LogP contribution in [-0.2, 0) is 26.1 Å². The molecule has 34 heavy (non-hydrogen) atoms. The Labute approximate surface area is 198 Å². The van der Waals surface area contributed by atoms with Gasteiger partial charge in [0.25, 0.3) is 0 Å². The quantitative estimate of drug-likeness (QED) is 0.573. The molecule has 0 spiro atoms. The molecule has 10 nitrogen and oxygen atoms in total. The van der Waals surface area contributed by atoms with Gasteiger partial charge in [0.2, 0.25) is 0 Å². The fourth-order valence-corrected chi connectivity index (χ4v) is 4.29. The topological polar surface area (TPSA) is 119 Å².